The Morgan fingerprint density at radius 2 is 1.62 bits per heavy atom. The minimum atomic E-state index is 0.453. The number of anilines is 1. The van der Waals surface area contributed by atoms with Crippen LogP contribution in [0.2, 0.25) is 0 Å². The monoisotopic (exact) mass is 285 g/mol. The van der Waals surface area contributed by atoms with Crippen LogP contribution >= 0.6 is 0 Å². The van der Waals surface area contributed by atoms with Crippen molar-refractivity contribution in [3.05, 3.63) is 29.3 Å². The molecule has 1 aromatic rings. The maximum Gasteiger partial charge on any atom is 0.0377 e. The van der Waals surface area contributed by atoms with Crippen LogP contribution < -0.4 is 5.32 Å². The lowest BCUT2D eigenvalue weighted by Gasteiger charge is -2.45. The van der Waals surface area contributed by atoms with Crippen molar-refractivity contribution >= 4 is 5.69 Å². The van der Waals surface area contributed by atoms with Crippen molar-refractivity contribution in [2.24, 2.45) is 10.8 Å². The summed E-state index contributed by atoms with van der Waals surface area (Å²) in [5.41, 5.74) is 5.51. The van der Waals surface area contributed by atoms with Gasteiger partial charge in [0.2, 0.25) is 0 Å². The molecule has 0 saturated heterocycles. The van der Waals surface area contributed by atoms with Crippen LogP contribution in [0.5, 0.6) is 0 Å². The minimum absolute atomic E-state index is 0.453. The van der Waals surface area contributed by atoms with E-state index in [1.807, 2.05) is 0 Å². The van der Waals surface area contributed by atoms with Crippen molar-refractivity contribution in [3.8, 4) is 0 Å². The first-order valence-corrected chi connectivity index (χ1v) is 8.72. The van der Waals surface area contributed by atoms with Crippen molar-refractivity contribution in [1.29, 1.82) is 0 Å². The third kappa shape index (κ3) is 3.44. The summed E-state index contributed by atoms with van der Waals surface area (Å²) in [6.07, 6.45) is 9.17. The molecule has 0 heterocycles. The number of benzene rings is 1. The molecule has 0 unspecified atom stereocenters. The molecule has 0 atom stereocenters. The normalized spacial score (nSPS) is 24.4. The molecule has 1 nitrogen and oxygen atoms in total. The number of aryl methyl sites for hydroxylation is 1. The summed E-state index contributed by atoms with van der Waals surface area (Å²) in [5.74, 6) is 0. The lowest BCUT2D eigenvalue weighted by atomic mass is 9.63. The molecule has 0 radical (unpaired) electrons. The minimum Gasteiger partial charge on any atom is -0.382 e. The lowest BCUT2D eigenvalue weighted by Crippen LogP contribution is -2.40. The predicted octanol–water partition coefficient (Wildman–Crippen LogP) is 5.58. The van der Waals surface area contributed by atoms with E-state index >= 15 is 0 Å². The fraction of sp³-hybridized carbons (Fsp3) is 0.700. The van der Waals surface area contributed by atoms with Gasteiger partial charge in [0.15, 0.2) is 0 Å². The zero-order chi connectivity index (χ0) is 15.1. The Hall–Kier alpha value is -0.980. The maximum absolute atomic E-state index is 3.92. The second-order valence-electron chi connectivity index (χ2n) is 8.91. The fourth-order valence-electron chi connectivity index (χ4n) is 5.08. The number of hydrogen-bond donors (Lipinski definition) is 1. The Labute approximate surface area is 130 Å². The summed E-state index contributed by atoms with van der Waals surface area (Å²) in [4.78, 5) is 0. The summed E-state index contributed by atoms with van der Waals surface area (Å²) in [6.45, 7) is 9.73. The van der Waals surface area contributed by atoms with Crippen molar-refractivity contribution in [2.45, 2.75) is 78.7 Å². The molecule has 116 valence electrons. The molecule has 0 spiro atoms. The molecule has 1 N–H and O–H groups in total. The van der Waals surface area contributed by atoms with Gasteiger partial charge in [-0.3, -0.25) is 0 Å². The average molecular weight is 285 g/mol. The highest BCUT2D eigenvalue weighted by Crippen LogP contribution is 2.46. The van der Waals surface area contributed by atoms with E-state index in [1.165, 1.54) is 50.6 Å². The molecule has 0 bridgehead atoms. The van der Waals surface area contributed by atoms with Gasteiger partial charge in [-0.25, -0.2) is 0 Å². The summed E-state index contributed by atoms with van der Waals surface area (Å²) >= 11 is 0. The third-order valence-electron chi connectivity index (χ3n) is 5.31. The van der Waals surface area contributed by atoms with Crippen LogP contribution in [0.3, 0.4) is 0 Å². The van der Waals surface area contributed by atoms with Gasteiger partial charge in [-0.1, -0.05) is 39.8 Å². The van der Waals surface area contributed by atoms with Crippen LogP contribution in [0.4, 0.5) is 5.69 Å². The second-order valence-corrected chi connectivity index (χ2v) is 8.91. The fourth-order valence-corrected chi connectivity index (χ4v) is 5.08. The smallest absolute Gasteiger partial charge is 0.0377 e. The highest BCUT2D eigenvalue weighted by molar-refractivity contribution is 5.56. The van der Waals surface area contributed by atoms with Crippen LogP contribution in [0.15, 0.2) is 18.2 Å². The molecule has 2 aliphatic rings. The van der Waals surface area contributed by atoms with E-state index in [9.17, 15) is 0 Å². The molecule has 0 amide bonds. The van der Waals surface area contributed by atoms with Gasteiger partial charge in [-0.15, -0.1) is 0 Å². The van der Waals surface area contributed by atoms with Gasteiger partial charge >= 0.3 is 0 Å². The zero-order valence-electron chi connectivity index (χ0n) is 14.3. The lowest BCUT2D eigenvalue weighted by molar-refractivity contribution is 0.105. The highest BCUT2D eigenvalue weighted by Gasteiger charge is 2.38. The van der Waals surface area contributed by atoms with Crippen molar-refractivity contribution in [2.75, 3.05) is 5.32 Å². The highest BCUT2D eigenvalue weighted by atomic mass is 14.9. The Balaban J connectivity index is 1.80. The van der Waals surface area contributed by atoms with Crippen molar-refractivity contribution in [1.82, 2.24) is 0 Å². The molecule has 1 heteroatoms. The summed E-state index contributed by atoms with van der Waals surface area (Å²) < 4.78 is 0. The Kier molecular flexibility index (Phi) is 3.80. The molecule has 1 saturated carbocycles. The molecule has 0 aliphatic heterocycles. The molecule has 1 fully saturated rings. The van der Waals surface area contributed by atoms with E-state index in [0.717, 1.165) is 0 Å². The van der Waals surface area contributed by atoms with E-state index in [2.05, 4.69) is 51.2 Å². The van der Waals surface area contributed by atoms with Crippen LogP contribution in [-0.4, -0.2) is 6.04 Å². The summed E-state index contributed by atoms with van der Waals surface area (Å²) in [5, 5.41) is 3.92. The standard InChI is InChI=1S/C20H31N/c1-19(2)12-16(13-20(3,4)14-19)21-18-11-7-9-15-8-5-6-10-17(15)18/h7,9,11,16,21H,5-6,8,10,12-14H2,1-4H3. The quantitative estimate of drug-likeness (QED) is 0.747. The number of nitrogens with one attached hydrogen (secondary N) is 1. The largest absolute Gasteiger partial charge is 0.382 e. The first-order valence-electron chi connectivity index (χ1n) is 8.72. The van der Waals surface area contributed by atoms with E-state index in [0.29, 0.717) is 16.9 Å². The molecule has 2 aliphatic carbocycles. The summed E-state index contributed by atoms with van der Waals surface area (Å²) in [6, 6.07) is 7.50. The molecule has 0 aromatic heterocycles. The van der Waals surface area contributed by atoms with Crippen LogP contribution in [0, 0.1) is 10.8 Å². The van der Waals surface area contributed by atoms with Crippen LogP contribution in [-0.2, 0) is 12.8 Å². The molecular formula is C20H31N. The maximum atomic E-state index is 3.92. The molecule has 1 aromatic carbocycles. The molecule has 21 heavy (non-hydrogen) atoms. The molecule has 3 rings (SSSR count). The summed E-state index contributed by atoms with van der Waals surface area (Å²) in [7, 11) is 0. The van der Waals surface area contributed by atoms with Gasteiger partial charge in [0, 0.05) is 11.7 Å². The van der Waals surface area contributed by atoms with Gasteiger partial charge in [-0.05, 0) is 73.0 Å². The SMILES string of the molecule is CC1(C)CC(Nc2cccc3c2CCCC3)CC(C)(C)C1. The van der Waals surface area contributed by atoms with E-state index in [4.69, 9.17) is 0 Å². The predicted molar refractivity (Wildman–Crippen MR) is 91.9 cm³/mol. The van der Waals surface area contributed by atoms with E-state index in [-0.39, 0.29) is 0 Å². The topological polar surface area (TPSA) is 12.0 Å². The van der Waals surface area contributed by atoms with Crippen LogP contribution in [0.1, 0.15) is 70.9 Å². The third-order valence-corrected chi connectivity index (χ3v) is 5.31. The number of hydrogen-bond acceptors (Lipinski definition) is 1. The second kappa shape index (κ2) is 5.34. The van der Waals surface area contributed by atoms with Gasteiger partial charge in [0.1, 0.15) is 0 Å². The number of rotatable bonds is 2. The Bertz CT molecular complexity index is 497. The van der Waals surface area contributed by atoms with E-state index < -0.39 is 0 Å². The first-order chi connectivity index (χ1) is 9.85. The number of fused-ring (bicyclic) bond motifs is 1. The van der Waals surface area contributed by atoms with E-state index in [1.54, 1.807) is 11.1 Å². The van der Waals surface area contributed by atoms with Gasteiger partial charge in [-0.2, -0.15) is 0 Å². The Morgan fingerprint density at radius 1 is 0.952 bits per heavy atom. The van der Waals surface area contributed by atoms with Crippen LogP contribution in [0.25, 0.3) is 0 Å². The first kappa shape index (κ1) is 14.9. The van der Waals surface area contributed by atoms with Crippen molar-refractivity contribution < 1.29 is 0 Å². The van der Waals surface area contributed by atoms with Crippen molar-refractivity contribution in [3.63, 3.8) is 0 Å². The van der Waals surface area contributed by atoms with Gasteiger partial charge in [0.05, 0.1) is 0 Å². The molecular weight excluding hydrogens is 254 g/mol. The Morgan fingerprint density at radius 3 is 2.33 bits per heavy atom. The van der Waals surface area contributed by atoms with Gasteiger partial charge < -0.3 is 5.32 Å². The zero-order valence-corrected chi connectivity index (χ0v) is 14.3. The average Bonchev–Trinajstić information content (AvgIpc) is 2.35. The van der Waals surface area contributed by atoms with Gasteiger partial charge in [0.25, 0.3) is 0 Å².